The molecule has 0 spiro atoms. The van der Waals surface area contributed by atoms with Crippen LogP contribution in [0.1, 0.15) is 0 Å². The number of halogens is 3. The van der Waals surface area contributed by atoms with Crippen LogP contribution in [0.3, 0.4) is 0 Å². The number of hydrogen-bond donors (Lipinski definition) is 0. The molecular weight excluding hydrogens is 267 g/mol. The smallest absolute Gasteiger partial charge is 0.0496 e. The molecule has 0 unspecified atom stereocenters. The van der Waals surface area contributed by atoms with Crippen molar-refractivity contribution < 1.29 is 0 Å². The molecule has 0 fully saturated rings. The Hall–Kier alpha value is 0.470. The third kappa shape index (κ3) is 1.95. The van der Waals surface area contributed by atoms with E-state index in [0.29, 0.717) is 5.02 Å². The summed E-state index contributed by atoms with van der Waals surface area (Å²) in [5, 5.41) is 0.616. The van der Waals surface area contributed by atoms with E-state index in [0.717, 1.165) is 8.95 Å². The predicted molar refractivity (Wildman–Crippen MR) is 45.7 cm³/mol. The highest BCUT2D eigenvalue weighted by molar-refractivity contribution is 9.13. The van der Waals surface area contributed by atoms with Crippen molar-refractivity contribution >= 4 is 43.5 Å². The van der Waals surface area contributed by atoms with Crippen LogP contribution in [-0.4, -0.2) is 0 Å². The molecule has 0 atom stereocenters. The first-order chi connectivity index (χ1) is 4.20. The van der Waals surface area contributed by atoms with Gasteiger partial charge in [0.1, 0.15) is 0 Å². The first-order valence-electron chi connectivity index (χ1n) is 2.22. The average molecular weight is 269 g/mol. The summed E-state index contributed by atoms with van der Waals surface area (Å²) >= 11 is 12.2. The molecule has 1 rings (SSSR count). The molecular formula is C6H2Br2Cl. The van der Waals surface area contributed by atoms with E-state index in [1.165, 1.54) is 0 Å². The Morgan fingerprint density at radius 2 is 2.00 bits per heavy atom. The van der Waals surface area contributed by atoms with Crippen molar-refractivity contribution in [3.05, 3.63) is 32.2 Å². The molecule has 0 nitrogen and oxygen atoms in total. The zero-order valence-corrected chi connectivity index (χ0v) is 8.22. The van der Waals surface area contributed by atoms with Crippen LogP contribution in [-0.2, 0) is 0 Å². The molecule has 0 N–H and O–H groups in total. The average Bonchev–Trinajstić information content (AvgIpc) is 1.80. The molecule has 0 saturated carbocycles. The Morgan fingerprint density at radius 3 is 2.44 bits per heavy atom. The van der Waals surface area contributed by atoms with Crippen molar-refractivity contribution in [3.8, 4) is 0 Å². The minimum Gasteiger partial charge on any atom is -0.0836 e. The van der Waals surface area contributed by atoms with Gasteiger partial charge >= 0.3 is 0 Å². The van der Waals surface area contributed by atoms with Gasteiger partial charge in [-0.1, -0.05) is 11.6 Å². The van der Waals surface area contributed by atoms with Gasteiger partial charge in [0, 0.05) is 20.0 Å². The highest BCUT2D eigenvalue weighted by Crippen LogP contribution is 2.25. The van der Waals surface area contributed by atoms with Crippen LogP contribution >= 0.6 is 43.5 Å². The molecule has 1 aromatic carbocycles. The molecule has 0 aliphatic rings. The van der Waals surface area contributed by atoms with Gasteiger partial charge in [-0.3, -0.25) is 0 Å². The Balaban J connectivity index is 3.17. The van der Waals surface area contributed by atoms with E-state index in [4.69, 9.17) is 11.6 Å². The largest absolute Gasteiger partial charge is 0.0836 e. The lowest BCUT2D eigenvalue weighted by atomic mass is 10.4. The monoisotopic (exact) mass is 267 g/mol. The molecule has 0 amide bonds. The molecule has 0 bridgehead atoms. The van der Waals surface area contributed by atoms with Crippen LogP contribution in [0, 0.1) is 6.07 Å². The van der Waals surface area contributed by atoms with Gasteiger partial charge in [0.2, 0.25) is 0 Å². The van der Waals surface area contributed by atoms with Gasteiger partial charge < -0.3 is 0 Å². The van der Waals surface area contributed by atoms with Gasteiger partial charge in [-0.2, -0.15) is 0 Å². The molecule has 0 aliphatic carbocycles. The third-order valence-corrected chi connectivity index (χ3v) is 2.88. The van der Waals surface area contributed by atoms with Gasteiger partial charge in [0.25, 0.3) is 0 Å². The van der Waals surface area contributed by atoms with E-state index in [9.17, 15) is 0 Å². The van der Waals surface area contributed by atoms with Gasteiger partial charge in [0.05, 0.1) is 0 Å². The minimum absolute atomic E-state index is 0.616. The molecule has 3 heteroatoms. The topological polar surface area (TPSA) is 0 Å². The summed E-state index contributed by atoms with van der Waals surface area (Å²) < 4.78 is 1.91. The fraction of sp³-hybridized carbons (Fsp3) is 0. The molecule has 47 valence electrons. The normalized spacial score (nSPS) is 9.67. The van der Waals surface area contributed by atoms with Crippen LogP contribution in [0.5, 0.6) is 0 Å². The lowest BCUT2D eigenvalue weighted by Crippen LogP contribution is -1.68. The fourth-order valence-electron chi connectivity index (χ4n) is 0.423. The van der Waals surface area contributed by atoms with Crippen LogP contribution in [0.2, 0.25) is 5.02 Å². The molecule has 1 radical (unpaired) electrons. The summed E-state index contributed by atoms with van der Waals surface area (Å²) in [6.45, 7) is 0. The zero-order valence-electron chi connectivity index (χ0n) is 4.29. The van der Waals surface area contributed by atoms with E-state index >= 15 is 0 Å². The number of benzene rings is 1. The van der Waals surface area contributed by atoms with Crippen LogP contribution in [0.15, 0.2) is 21.1 Å². The lowest BCUT2D eigenvalue weighted by Gasteiger charge is -1.92. The van der Waals surface area contributed by atoms with E-state index in [1.54, 1.807) is 12.1 Å². The first-order valence-corrected chi connectivity index (χ1v) is 4.19. The highest BCUT2D eigenvalue weighted by atomic mass is 79.9. The second-order valence-electron chi connectivity index (χ2n) is 1.48. The molecule has 0 aliphatic heterocycles. The minimum atomic E-state index is 0.616. The van der Waals surface area contributed by atoms with Crippen molar-refractivity contribution in [1.82, 2.24) is 0 Å². The standard InChI is InChI=1S/C6H2Br2Cl/c7-5-2-1-4(9)3-6(5)8/h2-3H. The van der Waals surface area contributed by atoms with E-state index < -0.39 is 0 Å². The zero-order chi connectivity index (χ0) is 6.85. The van der Waals surface area contributed by atoms with E-state index in [1.807, 2.05) is 0 Å². The molecule has 1 aromatic rings. The van der Waals surface area contributed by atoms with Gasteiger partial charge in [-0.15, -0.1) is 0 Å². The Morgan fingerprint density at radius 1 is 1.33 bits per heavy atom. The van der Waals surface area contributed by atoms with Crippen molar-refractivity contribution in [2.45, 2.75) is 0 Å². The number of rotatable bonds is 0. The summed E-state index contributed by atoms with van der Waals surface area (Å²) in [4.78, 5) is 0. The van der Waals surface area contributed by atoms with Crippen LogP contribution in [0.25, 0.3) is 0 Å². The van der Waals surface area contributed by atoms with E-state index in [-0.39, 0.29) is 0 Å². The van der Waals surface area contributed by atoms with Gasteiger partial charge in [-0.05, 0) is 44.0 Å². The fourth-order valence-corrected chi connectivity index (χ4v) is 1.29. The quantitative estimate of drug-likeness (QED) is 0.630. The van der Waals surface area contributed by atoms with Crippen molar-refractivity contribution in [2.75, 3.05) is 0 Å². The molecule has 0 aromatic heterocycles. The summed E-state index contributed by atoms with van der Waals surface area (Å²) in [5.74, 6) is 0. The SMILES string of the molecule is Clc1[c]cc(Br)c(Br)c1. The Kier molecular flexibility index (Phi) is 2.56. The molecule has 0 heterocycles. The third-order valence-electron chi connectivity index (χ3n) is 0.818. The summed E-state index contributed by atoms with van der Waals surface area (Å²) in [6.07, 6.45) is 0. The van der Waals surface area contributed by atoms with Crippen molar-refractivity contribution in [3.63, 3.8) is 0 Å². The first kappa shape index (κ1) is 7.58. The maximum atomic E-state index is 5.61. The molecule has 0 saturated heterocycles. The summed E-state index contributed by atoms with van der Waals surface area (Å²) in [5.41, 5.74) is 0. The highest BCUT2D eigenvalue weighted by Gasteiger charge is 1.94. The second-order valence-corrected chi connectivity index (χ2v) is 3.59. The maximum Gasteiger partial charge on any atom is 0.0496 e. The Labute approximate surface area is 75.5 Å². The lowest BCUT2D eigenvalue weighted by molar-refractivity contribution is 1.58. The predicted octanol–water partition coefficient (Wildman–Crippen LogP) is 3.67. The van der Waals surface area contributed by atoms with E-state index in [2.05, 4.69) is 37.9 Å². The number of hydrogen-bond acceptors (Lipinski definition) is 0. The summed E-state index contributed by atoms with van der Waals surface area (Å²) in [6, 6.07) is 6.38. The van der Waals surface area contributed by atoms with Gasteiger partial charge in [-0.25, -0.2) is 0 Å². The second kappa shape index (κ2) is 3.04. The molecule has 9 heavy (non-hydrogen) atoms. The van der Waals surface area contributed by atoms with Crippen LogP contribution in [0.4, 0.5) is 0 Å². The van der Waals surface area contributed by atoms with Crippen molar-refractivity contribution in [1.29, 1.82) is 0 Å². The van der Waals surface area contributed by atoms with Crippen molar-refractivity contribution in [2.24, 2.45) is 0 Å². The summed E-state index contributed by atoms with van der Waals surface area (Å²) in [7, 11) is 0. The maximum absolute atomic E-state index is 5.61. The van der Waals surface area contributed by atoms with Gasteiger partial charge in [0.15, 0.2) is 0 Å². The van der Waals surface area contributed by atoms with Crippen LogP contribution < -0.4 is 0 Å². The Bertz CT molecular complexity index is 222.